The van der Waals surface area contributed by atoms with Crippen molar-refractivity contribution in [2.75, 3.05) is 25.9 Å². The summed E-state index contributed by atoms with van der Waals surface area (Å²) >= 11 is 0. The van der Waals surface area contributed by atoms with Crippen LogP contribution in [0.15, 0.2) is 10.6 Å². The van der Waals surface area contributed by atoms with Gasteiger partial charge in [-0.1, -0.05) is 5.16 Å². The lowest BCUT2D eigenvalue weighted by atomic mass is 9.99. The third-order valence-electron chi connectivity index (χ3n) is 7.53. The van der Waals surface area contributed by atoms with Crippen LogP contribution in [0.5, 0.6) is 0 Å². The van der Waals surface area contributed by atoms with E-state index in [0.29, 0.717) is 31.4 Å². The van der Waals surface area contributed by atoms with E-state index in [1.54, 1.807) is 4.31 Å². The van der Waals surface area contributed by atoms with Crippen LogP contribution >= 0.6 is 0 Å². The maximum absolute atomic E-state index is 13.2. The summed E-state index contributed by atoms with van der Waals surface area (Å²) in [6, 6.07) is 1.35. The van der Waals surface area contributed by atoms with E-state index in [4.69, 9.17) is 4.52 Å². The van der Waals surface area contributed by atoms with Crippen LogP contribution in [-0.4, -0.2) is 77.8 Å². The number of carbonyl (C=O) groups is 1. The van der Waals surface area contributed by atoms with Crippen molar-refractivity contribution in [2.45, 2.75) is 75.1 Å². The minimum Gasteiger partial charge on any atom is -0.382 e. The number of carbonyl (C=O) groups excluding carboxylic acids is 1. The molecule has 31 heavy (non-hydrogen) atoms. The van der Waals surface area contributed by atoms with E-state index in [1.165, 1.54) is 6.07 Å². The van der Waals surface area contributed by atoms with Gasteiger partial charge in [-0.25, -0.2) is 8.42 Å². The van der Waals surface area contributed by atoms with E-state index in [0.717, 1.165) is 38.8 Å². The lowest BCUT2D eigenvalue weighted by molar-refractivity contribution is 0.0896. The fourth-order valence-corrected chi connectivity index (χ4v) is 7.94. The van der Waals surface area contributed by atoms with Crippen LogP contribution in [0.3, 0.4) is 0 Å². The second-order valence-electron chi connectivity index (χ2n) is 9.99. The number of amides is 1. The smallest absolute Gasteiger partial charge is 0.273 e. The van der Waals surface area contributed by atoms with Gasteiger partial charge in [-0.05, 0) is 77.4 Å². The molecule has 4 aliphatic rings. The zero-order valence-corrected chi connectivity index (χ0v) is 18.8. The molecule has 4 heterocycles. The van der Waals surface area contributed by atoms with E-state index in [9.17, 15) is 18.3 Å². The number of sulfonamides is 1. The van der Waals surface area contributed by atoms with Crippen molar-refractivity contribution < 1.29 is 22.8 Å². The van der Waals surface area contributed by atoms with Gasteiger partial charge in [0, 0.05) is 24.2 Å². The number of nitrogens with zero attached hydrogens (tertiary/aromatic N) is 3. The molecule has 5 rings (SSSR count). The standard InChI is InChI=1S/C21H32N4O5S/c1-24-8-4-14(5-9-24)13-31(28,29)25-16-2-3-17(25)11-15(10-16)22-20(26)18-12-19(30-23-18)21(27)6-7-21/h12,14-17,27H,2-11,13H2,1H3,(H,22,26)/t15?,16-,17+. The van der Waals surface area contributed by atoms with E-state index < -0.39 is 15.6 Å². The molecule has 9 nitrogen and oxygen atoms in total. The van der Waals surface area contributed by atoms with E-state index in [-0.39, 0.29) is 41.4 Å². The SMILES string of the molecule is CN1CCC(CS(=O)(=O)N2[C@@H]3CC[C@H]2CC(NC(=O)c2cc(C4(O)CC4)on2)C3)CC1. The summed E-state index contributed by atoms with van der Waals surface area (Å²) in [7, 11) is -1.22. The van der Waals surface area contributed by atoms with Gasteiger partial charge in [-0.3, -0.25) is 4.79 Å². The van der Waals surface area contributed by atoms with Gasteiger partial charge < -0.3 is 19.8 Å². The summed E-state index contributed by atoms with van der Waals surface area (Å²) < 4.78 is 33.4. The molecule has 0 radical (unpaired) electrons. The molecule has 1 aliphatic carbocycles. The zero-order valence-electron chi connectivity index (χ0n) is 18.0. The molecule has 0 spiro atoms. The number of aliphatic hydroxyl groups is 1. The van der Waals surface area contributed by atoms with Crippen molar-refractivity contribution >= 4 is 15.9 Å². The summed E-state index contributed by atoms with van der Waals surface area (Å²) in [4.78, 5) is 14.9. The van der Waals surface area contributed by atoms with Crippen LogP contribution in [0.1, 0.15) is 67.6 Å². The number of likely N-dealkylation sites (tertiary alicyclic amines) is 1. The quantitative estimate of drug-likeness (QED) is 0.663. The maximum atomic E-state index is 13.2. The van der Waals surface area contributed by atoms with Gasteiger partial charge in [0.15, 0.2) is 11.5 Å². The molecule has 10 heteroatoms. The Morgan fingerprint density at radius 2 is 1.87 bits per heavy atom. The predicted octanol–water partition coefficient (Wildman–Crippen LogP) is 1.05. The molecule has 172 valence electrons. The first-order chi connectivity index (χ1) is 14.7. The molecular weight excluding hydrogens is 420 g/mol. The molecule has 4 fully saturated rings. The summed E-state index contributed by atoms with van der Waals surface area (Å²) in [5.74, 6) is 0.495. The first-order valence-corrected chi connectivity index (χ1v) is 13.0. The lowest BCUT2D eigenvalue weighted by Crippen LogP contribution is -2.53. The highest BCUT2D eigenvalue weighted by Crippen LogP contribution is 2.45. The van der Waals surface area contributed by atoms with Crippen molar-refractivity contribution in [3.05, 3.63) is 17.5 Å². The van der Waals surface area contributed by atoms with E-state index >= 15 is 0 Å². The number of nitrogens with one attached hydrogen (secondary N) is 1. The van der Waals surface area contributed by atoms with Crippen molar-refractivity contribution in [1.82, 2.24) is 19.7 Å². The highest BCUT2D eigenvalue weighted by Gasteiger charge is 2.48. The van der Waals surface area contributed by atoms with Gasteiger partial charge in [0.25, 0.3) is 5.91 Å². The Balaban J connectivity index is 1.19. The molecule has 3 saturated heterocycles. The number of hydrogen-bond donors (Lipinski definition) is 2. The average molecular weight is 453 g/mol. The van der Waals surface area contributed by atoms with Crippen LogP contribution < -0.4 is 5.32 Å². The average Bonchev–Trinajstić information content (AvgIpc) is 3.15. The molecule has 1 saturated carbocycles. The number of fused-ring (bicyclic) bond motifs is 2. The fourth-order valence-electron chi connectivity index (χ4n) is 5.54. The van der Waals surface area contributed by atoms with Gasteiger partial charge in [0.05, 0.1) is 5.75 Å². The van der Waals surface area contributed by atoms with Gasteiger partial charge in [-0.2, -0.15) is 4.31 Å². The molecule has 3 atom stereocenters. The lowest BCUT2D eigenvalue weighted by Gasteiger charge is -2.39. The van der Waals surface area contributed by atoms with Crippen LogP contribution in [0, 0.1) is 5.92 Å². The summed E-state index contributed by atoms with van der Waals surface area (Å²) in [6.07, 6.45) is 6.08. The van der Waals surface area contributed by atoms with Crippen molar-refractivity contribution in [3.63, 3.8) is 0 Å². The second-order valence-corrected chi connectivity index (χ2v) is 11.9. The maximum Gasteiger partial charge on any atom is 0.273 e. The molecule has 1 unspecified atom stereocenters. The number of hydrogen-bond acceptors (Lipinski definition) is 7. The monoisotopic (exact) mass is 452 g/mol. The molecule has 2 N–H and O–H groups in total. The Morgan fingerprint density at radius 3 is 2.48 bits per heavy atom. The summed E-state index contributed by atoms with van der Waals surface area (Å²) in [6.45, 7) is 1.92. The Hall–Kier alpha value is -1.49. The second kappa shape index (κ2) is 7.83. The molecule has 0 aromatic carbocycles. The molecule has 1 aromatic rings. The summed E-state index contributed by atoms with van der Waals surface area (Å²) in [5, 5.41) is 16.9. The molecule has 1 amide bonds. The molecule has 2 bridgehead atoms. The predicted molar refractivity (Wildman–Crippen MR) is 113 cm³/mol. The van der Waals surface area contributed by atoms with Crippen LogP contribution in [0.2, 0.25) is 0 Å². The van der Waals surface area contributed by atoms with Crippen LogP contribution in [0.25, 0.3) is 0 Å². The fraction of sp³-hybridized carbons (Fsp3) is 0.810. The first-order valence-electron chi connectivity index (χ1n) is 11.4. The van der Waals surface area contributed by atoms with Crippen LogP contribution in [-0.2, 0) is 15.6 Å². The number of aromatic nitrogens is 1. The highest BCUT2D eigenvalue weighted by molar-refractivity contribution is 7.89. The van der Waals surface area contributed by atoms with E-state index in [2.05, 4.69) is 22.4 Å². The topological polar surface area (TPSA) is 116 Å². The summed E-state index contributed by atoms with van der Waals surface area (Å²) in [5.41, 5.74) is -0.794. The number of rotatable bonds is 6. The van der Waals surface area contributed by atoms with Gasteiger partial charge in [0.1, 0.15) is 5.60 Å². The Labute approximate surface area is 183 Å². The van der Waals surface area contributed by atoms with Gasteiger partial charge >= 0.3 is 0 Å². The Morgan fingerprint density at radius 1 is 1.23 bits per heavy atom. The van der Waals surface area contributed by atoms with Gasteiger partial charge in [0.2, 0.25) is 10.0 Å². The minimum atomic E-state index is -3.30. The largest absolute Gasteiger partial charge is 0.382 e. The van der Waals surface area contributed by atoms with Crippen molar-refractivity contribution in [1.29, 1.82) is 0 Å². The molecule has 1 aromatic heterocycles. The minimum absolute atomic E-state index is 0.0413. The Bertz CT molecular complexity index is 921. The molecule has 3 aliphatic heterocycles. The van der Waals surface area contributed by atoms with Crippen LogP contribution in [0.4, 0.5) is 0 Å². The number of piperidine rings is 2. The first kappa shape index (κ1) is 21.4. The van der Waals surface area contributed by atoms with Crippen molar-refractivity contribution in [3.8, 4) is 0 Å². The molecular formula is C21H32N4O5S. The highest BCUT2D eigenvalue weighted by atomic mass is 32.2. The van der Waals surface area contributed by atoms with E-state index in [1.807, 2.05) is 0 Å². The third-order valence-corrected chi connectivity index (χ3v) is 9.66. The Kier molecular flexibility index (Phi) is 5.39. The van der Waals surface area contributed by atoms with Crippen molar-refractivity contribution in [2.24, 2.45) is 5.92 Å². The third kappa shape index (κ3) is 4.27. The van der Waals surface area contributed by atoms with Gasteiger partial charge in [-0.15, -0.1) is 0 Å². The normalized spacial score (nSPS) is 31.6. The zero-order chi connectivity index (χ0) is 21.8.